The van der Waals surface area contributed by atoms with Crippen LogP contribution in [0.5, 0.6) is 11.5 Å². The van der Waals surface area contributed by atoms with Crippen molar-refractivity contribution in [2.75, 3.05) is 18.1 Å². The zero-order valence-corrected chi connectivity index (χ0v) is 19.7. The highest BCUT2D eigenvalue weighted by Gasteiger charge is 2.36. The molecule has 1 heterocycles. The predicted octanol–water partition coefficient (Wildman–Crippen LogP) is 5.03. The van der Waals surface area contributed by atoms with Crippen LogP contribution in [0.25, 0.3) is 6.08 Å². The standard InChI is InChI=1S/C27H23ClN2O5/c1-2-18-7-11-20(12-8-18)30-26(32)22(25(31)29-27(30)33)17-19-9-13-21(14-10-19)34-15-16-35-24-6-4-3-5-23(24)28/h3-14,17H,2,15-16H2,1H3,(H,29,31,33). The summed E-state index contributed by atoms with van der Waals surface area (Å²) in [6, 6.07) is 20.3. The molecule has 0 radical (unpaired) electrons. The first-order valence-corrected chi connectivity index (χ1v) is 11.4. The number of imide groups is 2. The van der Waals surface area contributed by atoms with Crippen LogP contribution >= 0.6 is 11.6 Å². The lowest BCUT2D eigenvalue weighted by Crippen LogP contribution is -2.54. The maximum Gasteiger partial charge on any atom is 0.335 e. The van der Waals surface area contributed by atoms with E-state index >= 15 is 0 Å². The van der Waals surface area contributed by atoms with Gasteiger partial charge < -0.3 is 9.47 Å². The van der Waals surface area contributed by atoms with Gasteiger partial charge in [0.2, 0.25) is 0 Å². The summed E-state index contributed by atoms with van der Waals surface area (Å²) in [5.41, 5.74) is 1.94. The first kappa shape index (κ1) is 24.0. The van der Waals surface area contributed by atoms with Gasteiger partial charge in [0.1, 0.15) is 30.3 Å². The third-order valence-electron chi connectivity index (χ3n) is 5.34. The minimum absolute atomic E-state index is 0.133. The Labute approximate surface area is 207 Å². The predicted molar refractivity (Wildman–Crippen MR) is 134 cm³/mol. The fourth-order valence-corrected chi connectivity index (χ4v) is 3.66. The van der Waals surface area contributed by atoms with Gasteiger partial charge in [-0.25, -0.2) is 9.69 Å². The van der Waals surface area contributed by atoms with Crippen molar-refractivity contribution in [3.05, 3.63) is 94.5 Å². The average Bonchev–Trinajstić information content (AvgIpc) is 2.86. The van der Waals surface area contributed by atoms with Gasteiger partial charge in [-0.1, -0.05) is 54.9 Å². The largest absolute Gasteiger partial charge is 0.490 e. The van der Waals surface area contributed by atoms with Crippen molar-refractivity contribution < 1.29 is 23.9 Å². The van der Waals surface area contributed by atoms with Crippen LogP contribution in [0.1, 0.15) is 18.1 Å². The maximum atomic E-state index is 13.0. The second-order valence-electron chi connectivity index (χ2n) is 7.67. The number of para-hydroxylation sites is 1. The van der Waals surface area contributed by atoms with Crippen molar-refractivity contribution in [2.45, 2.75) is 13.3 Å². The Kier molecular flexibility index (Phi) is 7.48. The molecule has 0 spiro atoms. The molecule has 3 aromatic carbocycles. The minimum Gasteiger partial charge on any atom is -0.490 e. The number of urea groups is 1. The highest BCUT2D eigenvalue weighted by Crippen LogP contribution is 2.24. The smallest absolute Gasteiger partial charge is 0.335 e. The highest BCUT2D eigenvalue weighted by molar-refractivity contribution is 6.39. The lowest BCUT2D eigenvalue weighted by molar-refractivity contribution is -0.122. The Bertz CT molecular complexity index is 1270. The number of amides is 4. The molecule has 0 atom stereocenters. The van der Waals surface area contributed by atoms with E-state index in [-0.39, 0.29) is 5.57 Å². The zero-order valence-electron chi connectivity index (χ0n) is 19.0. The van der Waals surface area contributed by atoms with Crippen LogP contribution in [0.2, 0.25) is 5.02 Å². The van der Waals surface area contributed by atoms with Crippen LogP contribution in [-0.4, -0.2) is 31.1 Å². The van der Waals surface area contributed by atoms with Crippen LogP contribution in [0.4, 0.5) is 10.5 Å². The lowest BCUT2D eigenvalue weighted by atomic mass is 10.1. The Balaban J connectivity index is 1.41. The number of hydrogen-bond donors (Lipinski definition) is 1. The molecular formula is C27H23ClN2O5. The van der Waals surface area contributed by atoms with Crippen LogP contribution in [0.3, 0.4) is 0 Å². The van der Waals surface area contributed by atoms with Crippen molar-refractivity contribution in [3.63, 3.8) is 0 Å². The van der Waals surface area contributed by atoms with Gasteiger partial charge in [0.15, 0.2) is 0 Å². The molecule has 8 heteroatoms. The van der Waals surface area contributed by atoms with Crippen LogP contribution in [0.15, 0.2) is 78.4 Å². The summed E-state index contributed by atoms with van der Waals surface area (Å²) in [4.78, 5) is 38.7. The fraction of sp³-hybridized carbons (Fsp3) is 0.148. The van der Waals surface area contributed by atoms with Gasteiger partial charge in [0.25, 0.3) is 11.8 Å². The van der Waals surface area contributed by atoms with Gasteiger partial charge >= 0.3 is 6.03 Å². The molecule has 0 aromatic heterocycles. The van der Waals surface area contributed by atoms with Gasteiger partial charge in [-0.2, -0.15) is 0 Å². The zero-order chi connectivity index (χ0) is 24.8. The number of carbonyl (C=O) groups excluding carboxylic acids is 3. The van der Waals surface area contributed by atoms with E-state index in [0.717, 1.165) is 16.9 Å². The van der Waals surface area contributed by atoms with E-state index in [0.29, 0.717) is 41.0 Å². The third-order valence-corrected chi connectivity index (χ3v) is 5.65. The summed E-state index contributed by atoms with van der Waals surface area (Å²) < 4.78 is 11.3. The molecule has 0 saturated carbocycles. The Hall–Kier alpha value is -4.10. The molecule has 1 aliphatic rings. The number of anilines is 1. The number of nitrogens with zero attached hydrogens (tertiary/aromatic N) is 1. The van der Waals surface area contributed by atoms with Gasteiger partial charge in [0, 0.05) is 0 Å². The van der Waals surface area contributed by atoms with Gasteiger partial charge in [-0.3, -0.25) is 14.9 Å². The SMILES string of the molecule is CCc1ccc(N2C(=O)NC(=O)C(=Cc3ccc(OCCOc4ccccc4Cl)cc3)C2=O)cc1. The third kappa shape index (κ3) is 5.70. The van der Waals surface area contributed by atoms with E-state index in [1.54, 1.807) is 48.5 Å². The second kappa shape index (κ2) is 10.9. The molecule has 3 aromatic rings. The van der Waals surface area contributed by atoms with Crippen molar-refractivity contribution >= 4 is 41.2 Å². The quantitative estimate of drug-likeness (QED) is 0.272. The monoisotopic (exact) mass is 490 g/mol. The number of carbonyl (C=O) groups is 3. The molecule has 4 amide bonds. The first-order valence-electron chi connectivity index (χ1n) is 11.1. The molecule has 4 rings (SSSR count). The minimum atomic E-state index is -0.774. The number of barbiturate groups is 1. The molecule has 7 nitrogen and oxygen atoms in total. The number of benzene rings is 3. The Morgan fingerprint density at radius 1 is 0.886 bits per heavy atom. The van der Waals surface area contributed by atoms with Crippen molar-refractivity contribution in [1.82, 2.24) is 5.32 Å². The van der Waals surface area contributed by atoms with E-state index < -0.39 is 17.8 Å². The number of rotatable bonds is 8. The van der Waals surface area contributed by atoms with E-state index in [4.69, 9.17) is 21.1 Å². The van der Waals surface area contributed by atoms with Crippen LogP contribution in [0, 0.1) is 0 Å². The van der Waals surface area contributed by atoms with Crippen LogP contribution < -0.4 is 19.7 Å². The van der Waals surface area contributed by atoms with Gasteiger partial charge in [-0.15, -0.1) is 0 Å². The number of hydrogen-bond acceptors (Lipinski definition) is 5. The number of nitrogens with one attached hydrogen (secondary N) is 1. The molecule has 35 heavy (non-hydrogen) atoms. The summed E-state index contributed by atoms with van der Waals surface area (Å²) in [6.07, 6.45) is 2.28. The Morgan fingerprint density at radius 3 is 2.26 bits per heavy atom. The first-order chi connectivity index (χ1) is 17.0. The summed E-state index contributed by atoms with van der Waals surface area (Å²) in [7, 11) is 0. The van der Waals surface area contributed by atoms with Crippen molar-refractivity contribution in [2.24, 2.45) is 0 Å². The summed E-state index contributed by atoms with van der Waals surface area (Å²) in [5, 5.41) is 2.76. The normalized spacial score (nSPS) is 14.7. The molecule has 1 fully saturated rings. The number of ether oxygens (including phenoxy) is 2. The van der Waals surface area contributed by atoms with E-state index in [1.165, 1.54) is 6.08 Å². The van der Waals surface area contributed by atoms with E-state index in [2.05, 4.69) is 5.32 Å². The van der Waals surface area contributed by atoms with Gasteiger partial charge in [0.05, 0.1) is 10.7 Å². The molecule has 0 aliphatic carbocycles. The molecular weight excluding hydrogens is 468 g/mol. The van der Waals surface area contributed by atoms with Gasteiger partial charge in [-0.05, 0) is 60.0 Å². The number of aryl methyl sites for hydroxylation is 1. The molecule has 1 N–H and O–H groups in total. The van der Waals surface area contributed by atoms with Crippen LogP contribution in [-0.2, 0) is 16.0 Å². The molecule has 178 valence electrons. The fourth-order valence-electron chi connectivity index (χ4n) is 3.47. The van der Waals surface area contributed by atoms with Crippen molar-refractivity contribution in [3.8, 4) is 11.5 Å². The maximum absolute atomic E-state index is 13.0. The lowest BCUT2D eigenvalue weighted by Gasteiger charge is -2.26. The summed E-state index contributed by atoms with van der Waals surface area (Å²) in [6.45, 7) is 2.63. The molecule has 1 aliphatic heterocycles. The topological polar surface area (TPSA) is 84.9 Å². The van der Waals surface area contributed by atoms with E-state index in [9.17, 15) is 14.4 Å². The molecule has 1 saturated heterocycles. The van der Waals surface area contributed by atoms with E-state index in [1.807, 2.05) is 31.2 Å². The Morgan fingerprint density at radius 2 is 1.57 bits per heavy atom. The molecule has 0 unspecified atom stereocenters. The second-order valence-corrected chi connectivity index (χ2v) is 8.08. The van der Waals surface area contributed by atoms with Crippen molar-refractivity contribution in [1.29, 1.82) is 0 Å². The summed E-state index contributed by atoms with van der Waals surface area (Å²) >= 11 is 6.06. The molecule has 0 bridgehead atoms. The highest BCUT2D eigenvalue weighted by atomic mass is 35.5. The summed E-state index contributed by atoms with van der Waals surface area (Å²) in [5.74, 6) is -0.232. The number of halogens is 1. The average molecular weight is 491 g/mol.